The first-order valence-corrected chi connectivity index (χ1v) is 5.01. The van der Waals surface area contributed by atoms with Crippen molar-refractivity contribution in [2.75, 3.05) is 38.1 Å². The fourth-order valence-electron chi connectivity index (χ4n) is 1.59. The van der Waals surface area contributed by atoms with E-state index < -0.39 is 0 Å². The lowest BCUT2D eigenvalue weighted by Gasteiger charge is -2.32. The van der Waals surface area contributed by atoms with Crippen molar-refractivity contribution in [2.45, 2.75) is 0 Å². The van der Waals surface area contributed by atoms with Gasteiger partial charge in [-0.15, -0.1) is 0 Å². The van der Waals surface area contributed by atoms with Crippen LogP contribution in [0.1, 0.15) is 10.5 Å². The Balaban J connectivity index is 2.11. The largest absolute Gasteiger partial charge is 0.338 e. The molecule has 2 heterocycles. The smallest absolute Gasteiger partial charge is 0.226 e. The number of aromatic nitrogens is 2. The number of likely N-dealkylation sites (N-methyl/N-ethyl adjacent to an activating group) is 1. The lowest BCUT2D eigenvalue weighted by molar-refractivity contribution is 0.111. The Kier molecular flexibility index (Phi) is 2.91. The predicted molar refractivity (Wildman–Crippen MR) is 57.1 cm³/mol. The number of nitrogens with zero attached hydrogens (tertiary/aromatic N) is 4. The second-order valence-corrected chi connectivity index (χ2v) is 3.69. The van der Waals surface area contributed by atoms with E-state index in [0.717, 1.165) is 32.5 Å². The van der Waals surface area contributed by atoms with E-state index in [1.165, 1.54) is 0 Å². The highest BCUT2D eigenvalue weighted by atomic mass is 16.1. The third-order valence-electron chi connectivity index (χ3n) is 2.57. The normalized spacial score (nSPS) is 17.8. The first-order valence-electron chi connectivity index (χ1n) is 5.01. The van der Waals surface area contributed by atoms with Gasteiger partial charge in [-0.05, 0) is 13.1 Å². The molecule has 0 atom stereocenters. The summed E-state index contributed by atoms with van der Waals surface area (Å²) in [6.45, 7) is 3.85. The molecule has 0 N–H and O–H groups in total. The summed E-state index contributed by atoms with van der Waals surface area (Å²) in [6, 6.07) is 1.62. The summed E-state index contributed by atoms with van der Waals surface area (Å²) in [4.78, 5) is 23.3. The van der Waals surface area contributed by atoms with Crippen molar-refractivity contribution in [2.24, 2.45) is 0 Å². The third kappa shape index (κ3) is 2.30. The highest BCUT2D eigenvalue weighted by molar-refractivity contribution is 5.71. The number of piperazine rings is 1. The Morgan fingerprint density at radius 3 is 2.73 bits per heavy atom. The summed E-state index contributed by atoms with van der Waals surface area (Å²) in [5.41, 5.74) is 0.443. The predicted octanol–water partition coefficient (Wildman–Crippen LogP) is 0.0409. The van der Waals surface area contributed by atoms with Crippen LogP contribution in [0.25, 0.3) is 0 Å². The molecule has 1 aromatic rings. The van der Waals surface area contributed by atoms with Crippen molar-refractivity contribution in [3.8, 4) is 0 Å². The molecule has 0 aromatic carbocycles. The number of hydrogen-bond donors (Lipinski definition) is 0. The van der Waals surface area contributed by atoms with Crippen LogP contribution in [-0.4, -0.2) is 54.4 Å². The average Bonchev–Trinajstić information content (AvgIpc) is 2.30. The Hall–Kier alpha value is -1.49. The maximum absolute atomic E-state index is 10.6. The summed E-state index contributed by atoms with van der Waals surface area (Å²) in [5, 5.41) is 0. The van der Waals surface area contributed by atoms with E-state index in [4.69, 9.17) is 0 Å². The molecule has 0 saturated carbocycles. The van der Waals surface area contributed by atoms with Crippen molar-refractivity contribution in [1.29, 1.82) is 0 Å². The van der Waals surface area contributed by atoms with Crippen LogP contribution in [0.4, 0.5) is 5.95 Å². The van der Waals surface area contributed by atoms with Crippen molar-refractivity contribution in [3.05, 3.63) is 18.0 Å². The van der Waals surface area contributed by atoms with Gasteiger partial charge in [0.15, 0.2) is 6.29 Å². The van der Waals surface area contributed by atoms with Gasteiger partial charge in [0.1, 0.15) is 5.69 Å². The quantitative estimate of drug-likeness (QED) is 0.639. The van der Waals surface area contributed by atoms with E-state index in [-0.39, 0.29) is 0 Å². The van der Waals surface area contributed by atoms with Gasteiger partial charge in [0.25, 0.3) is 0 Å². The lowest BCUT2D eigenvalue weighted by atomic mass is 10.3. The molecular formula is C10H14N4O. The first-order chi connectivity index (χ1) is 7.29. The summed E-state index contributed by atoms with van der Waals surface area (Å²) in [5.74, 6) is 0.660. The highest BCUT2D eigenvalue weighted by Gasteiger charge is 2.16. The highest BCUT2D eigenvalue weighted by Crippen LogP contribution is 2.09. The van der Waals surface area contributed by atoms with Crippen molar-refractivity contribution >= 4 is 12.2 Å². The van der Waals surface area contributed by atoms with Gasteiger partial charge in [0, 0.05) is 32.4 Å². The summed E-state index contributed by atoms with van der Waals surface area (Å²) < 4.78 is 0. The molecule has 0 unspecified atom stereocenters. The molecule has 1 fully saturated rings. The molecular weight excluding hydrogens is 192 g/mol. The first kappa shape index (κ1) is 10.0. The molecule has 1 aromatic heterocycles. The van der Waals surface area contributed by atoms with E-state index in [1.54, 1.807) is 12.3 Å². The van der Waals surface area contributed by atoms with Gasteiger partial charge in [0.05, 0.1) is 0 Å². The summed E-state index contributed by atoms with van der Waals surface area (Å²) in [7, 11) is 2.10. The Bertz CT molecular complexity index is 347. The number of anilines is 1. The molecule has 0 radical (unpaired) electrons. The monoisotopic (exact) mass is 206 g/mol. The molecule has 5 nitrogen and oxygen atoms in total. The van der Waals surface area contributed by atoms with Crippen LogP contribution < -0.4 is 4.90 Å². The SMILES string of the molecule is CN1CCN(c2nccc(C=O)n2)CC1. The minimum absolute atomic E-state index is 0.443. The average molecular weight is 206 g/mol. The van der Waals surface area contributed by atoms with Gasteiger partial charge in [0.2, 0.25) is 5.95 Å². The molecule has 0 aliphatic carbocycles. The number of rotatable bonds is 2. The van der Waals surface area contributed by atoms with Crippen LogP contribution in [0.2, 0.25) is 0 Å². The zero-order valence-corrected chi connectivity index (χ0v) is 8.76. The number of carbonyl (C=O) groups is 1. The van der Waals surface area contributed by atoms with Gasteiger partial charge < -0.3 is 9.80 Å². The van der Waals surface area contributed by atoms with Crippen LogP contribution in [0.15, 0.2) is 12.3 Å². The molecule has 1 aliphatic heterocycles. The van der Waals surface area contributed by atoms with E-state index in [2.05, 4.69) is 26.8 Å². The molecule has 2 rings (SSSR count). The van der Waals surface area contributed by atoms with Crippen LogP contribution >= 0.6 is 0 Å². The van der Waals surface area contributed by atoms with Crippen LogP contribution in [0, 0.1) is 0 Å². The van der Waals surface area contributed by atoms with E-state index in [0.29, 0.717) is 11.6 Å². The third-order valence-corrected chi connectivity index (χ3v) is 2.57. The molecule has 15 heavy (non-hydrogen) atoms. The van der Waals surface area contributed by atoms with E-state index >= 15 is 0 Å². The maximum atomic E-state index is 10.6. The van der Waals surface area contributed by atoms with Gasteiger partial charge in [-0.3, -0.25) is 4.79 Å². The van der Waals surface area contributed by atoms with Crippen LogP contribution in [0.3, 0.4) is 0 Å². The molecule has 1 saturated heterocycles. The number of hydrogen-bond acceptors (Lipinski definition) is 5. The summed E-state index contributed by atoms with van der Waals surface area (Å²) in [6.07, 6.45) is 2.38. The standard InChI is InChI=1S/C10H14N4O/c1-13-4-6-14(7-5-13)10-11-3-2-9(8-15)12-10/h2-3,8H,4-7H2,1H3. The summed E-state index contributed by atoms with van der Waals surface area (Å²) >= 11 is 0. The van der Waals surface area contributed by atoms with E-state index in [9.17, 15) is 4.79 Å². The fourth-order valence-corrected chi connectivity index (χ4v) is 1.59. The Morgan fingerprint density at radius 2 is 2.07 bits per heavy atom. The topological polar surface area (TPSA) is 49.3 Å². The number of carbonyl (C=O) groups excluding carboxylic acids is 1. The zero-order valence-electron chi connectivity index (χ0n) is 8.76. The lowest BCUT2D eigenvalue weighted by Crippen LogP contribution is -2.45. The molecule has 5 heteroatoms. The van der Waals surface area contributed by atoms with Gasteiger partial charge >= 0.3 is 0 Å². The fraction of sp³-hybridized carbons (Fsp3) is 0.500. The Morgan fingerprint density at radius 1 is 1.33 bits per heavy atom. The molecule has 0 amide bonds. The minimum atomic E-state index is 0.443. The van der Waals surface area contributed by atoms with Gasteiger partial charge in [-0.25, -0.2) is 9.97 Å². The van der Waals surface area contributed by atoms with E-state index in [1.807, 2.05) is 0 Å². The molecule has 0 bridgehead atoms. The van der Waals surface area contributed by atoms with Crippen molar-refractivity contribution < 1.29 is 4.79 Å². The zero-order chi connectivity index (χ0) is 10.7. The molecule has 1 aliphatic rings. The minimum Gasteiger partial charge on any atom is -0.338 e. The second-order valence-electron chi connectivity index (χ2n) is 3.69. The van der Waals surface area contributed by atoms with Gasteiger partial charge in [-0.1, -0.05) is 0 Å². The second kappa shape index (κ2) is 4.35. The maximum Gasteiger partial charge on any atom is 0.226 e. The van der Waals surface area contributed by atoms with Crippen LogP contribution in [0.5, 0.6) is 0 Å². The Labute approximate surface area is 88.7 Å². The van der Waals surface area contributed by atoms with Crippen molar-refractivity contribution in [3.63, 3.8) is 0 Å². The number of aldehydes is 1. The van der Waals surface area contributed by atoms with Crippen molar-refractivity contribution in [1.82, 2.24) is 14.9 Å². The van der Waals surface area contributed by atoms with Crippen LogP contribution in [-0.2, 0) is 0 Å². The molecule has 80 valence electrons. The van der Waals surface area contributed by atoms with Gasteiger partial charge in [-0.2, -0.15) is 0 Å². The molecule has 0 spiro atoms.